The molecule has 2 aromatic rings. The Hall–Kier alpha value is -2.27. The number of hydrogen-bond donors (Lipinski definition) is 1. The monoisotopic (exact) mass is 440 g/mol. The molecule has 5 heteroatoms. The van der Waals surface area contributed by atoms with E-state index >= 15 is 0 Å². The lowest BCUT2D eigenvalue weighted by Gasteiger charge is -2.30. The fraction of sp³-hybridized carbons (Fsp3) is 0.462. The minimum atomic E-state index is -0.454. The van der Waals surface area contributed by atoms with Gasteiger partial charge in [-0.2, -0.15) is 0 Å². The predicted octanol–water partition coefficient (Wildman–Crippen LogP) is 5.26. The summed E-state index contributed by atoms with van der Waals surface area (Å²) in [4.78, 5) is 27.9. The van der Waals surface area contributed by atoms with Gasteiger partial charge >= 0.3 is 0 Å². The van der Waals surface area contributed by atoms with Gasteiger partial charge in [-0.3, -0.25) is 9.59 Å². The number of carbonyl (C=O) groups excluding carboxylic acids is 2. The molecule has 0 aromatic heterocycles. The van der Waals surface area contributed by atoms with Crippen LogP contribution in [0.3, 0.4) is 0 Å². The van der Waals surface area contributed by atoms with E-state index in [0.717, 1.165) is 29.7 Å². The van der Waals surface area contributed by atoms with Crippen LogP contribution >= 0.6 is 11.8 Å². The molecular weight excluding hydrogens is 404 g/mol. The van der Waals surface area contributed by atoms with Gasteiger partial charge in [-0.1, -0.05) is 79.9 Å². The van der Waals surface area contributed by atoms with Gasteiger partial charge in [0.15, 0.2) is 0 Å². The fourth-order valence-electron chi connectivity index (χ4n) is 3.46. The van der Waals surface area contributed by atoms with Crippen LogP contribution in [-0.2, 0) is 21.9 Å². The van der Waals surface area contributed by atoms with E-state index in [9.17, 15) is 9.59 Å². The van der Waals surface area contributed by atoms with E-state index in [2.05, 4.69) is 49.5 Å². The van der Waals surface area contributed by atoms with Crippen molar-refractivity contribution >= 4 is 23.6 Å². The lowest BCUT2D eigenvalue weighted by atomic mass is 10.1. The Labute approximate surface area is 191 Å². The summed E-state index contributed by atoms with van der Waals surface area (Å²) in [6.45, 7) is 9.29. The van der Waals surface area contributed by atoms with E-state index in [1.807, 2.05) is 32.0 Å². The zero-order chi connectivity index (χ0) is 22.6. The summed E-state index contributed by atoms with van der Waals surface area (Å²) >= 11 is 1.60. The molecule has 2 aromatic carbocycles. The van der Waals surface area contributed by atoms with Crippen LogP contribution in [-0.4, -0.2) is 35.1 Å². The fourth-order valence-corrected chi connectivity index (χ4v) is 4.33. The van der Waals surface area contributed by atoms with Crippen molar-refractivity contribution in [2.24, 2.45) is 0 Å². The number of amides is 2. The smallest absolute Gasteiger partial charge is 0.242 e. The first-order chi connectivity index (χ1) is 14.9. The Morgan fingerprint density at radius 2 is 1.74 bits per heavy atom. The molecule has 0 radical (unpaired) electrons. The van der Waals surface area contributed by atoms with E-state index < -0.39 is 6.04 Å². The summed E-state index contributed by atoms with van der Waals surface area (Å²) in [7, 11) is 0. The number of carbonyl (C=O) groups is 2. The molecule has 1 N–H and O–H groups in total. The Morgan fingerprint density at radius 3 is 2.39 bits per heavy atom. The molecule has 0 saturated heterocycles. The predicted molar refractivity (Wildman–Crippen MR) is 131 cm³/mol. The van der Waals surface area contributed by atoms with Crippen LogP contribution in [0.15, 0.2) is 48.5 Å². The first kappa shape index (κ1) is 25.0. The van der Waals surface area contributed by atoms with E-state index in [0.29, 0.717) is 25.3 Å². The summed E-state index contributed by atoms with van der Waals surface area (Å²) in [5.74, 6) is 1.10. The van der Waals surface area contributed by atoms with Crippen LogP contribution in [0.1, 0.15) is 55.4 Å². The van der Waals surface area contributed by atoms with Gasteiger partial charge in [0.1, 0.15) is 6.04 Å². The van der Waals surface area contributed by atoms with Crippen LogP contribution in [0.4, 0.5) is 0 Å². The molecule has 4 nitrogen and oxygen atoms in total. The number of hydrogen-bond acceptors (Lipinski definition) is 3. The molecule has 2 amide bonds. The van der Waals surface area contributed by atoms with Gasteiger partial charge in [-0.15, -0.1) is 11.8 Å². The average molecular weight is 441 g/mol. The quantitative estimate of drug-likeness (QED) is 0.458. The Morgan fingerprint density at radius 1 is 1.00 bits per heavy atom. The summed E-state index contributed by atoms with van der Waals surface area (Å²) in [6.07, 6.45) is 2.57. The van der Waals surface area contributed by atoms with E-state index in [1.54, 1.807) is 16.7 Å². The summed E-state index contributed by atoms with van der Waals surface area (Å²) in [5.41, 5.74) is 4.64. The standard InChI is InChI=1S/C26H36N2O2S/c1-5-7-15-27-26(30)24(6-2)28(17-23-10-8-9-21(4)16-23)25(29)19-31-18-22-13-11-20(3)12-14-22/h8-14,16,24H,5-7,15,17-19H2,1-4H3,(H,27,30)/t24-/m0/s1. The molecule has 0 saturated carbocycles. The van der Waals surface area contributed by atoms with Gasteiger partial charge in [-0.05, 0) is 37.8 Å². The topological polar surface area (TPSA) is 49.4 Å². The summed E-state index contributed by atoms with van der Waals surface area (Å²) < 4.78 is 0. The summed E-state index contributed by atoms with van der Waals surface area (Å²) in [6, 6.07) is 16.1. The van der Waals surface area contributed by atoms with E-state index in [1.165, 1.54) is 11.1 Å². The lowest BCUT2D eigenvalue weighted by Crippen LogP contribution is -2.49. The molecule has 1 atom stereocenters. The molecule has 2 rings (SSSR count). The van der Waals surface area contributed by atoms with Crippen molar-refractivity contribution in [1.29, 1.82) is 0 Å². The average Bonchev–Trinajstić information content (AvgIpc) is 2.75. The highest BCUT2D eigenvalue weighted by atomic mass is 32.2. The molecular formula is C26H36N2O2S. The van der Waals surface area contributed by atoms with Gasteiger partial charge < -0.3 is 10.2 Å². The number of aryl methyl sites for hydroxylation is 2. The summed E-state index contributed by atoms with van der Waals surface area (Å²) in [5, 5.41) is 3.01. The maximum absolute atomic E-state index is 13.2. The van der Waals surface area contributed by atoms with Gasteiger partial charge in [0.25, 0.3) is 0 Å². The van der Waals surface area contributed by atoms with Gasteiger partial charge in [0, 0.05) is 18.8 Å². The number of thioether (sulfide) groups is 1. The van der Waals surface area contributed by atoms with Crippen molar-refractivity contribution in [2.45, 2.75) is 65.3 Å². The molecule has 168 valence electrons. The minimum Gasteiger partial charge on any atom is -0.354 e. The van der Waals surface area contributed by atoms with Crippen molar-refractivity contribution in [2.75, 3.05) is 12.3 Å². The number of rotatable bonds is 12. The molecule has 0 aliphatic rings. The third kappa shape index (κ3) is 8.41. The Balaban J connectivity index is 2.09. The SMILES string of the molecule is CCCCNC(=O)[C@H](CC)N(Cc1cccc(C)c1)C(=O)CSCc1ccc(C)cc1. The third-order valence-corrected chi connectivity index (χ3v) is 6.25. The second kappa shape index (κ2) is 13.2. The molecule has 0 heterocycles. The number of unbranched alkanes of at least 4 members (excludes halogenated alkanes) is 1. The van der Waals surface area contributed by atoms with Crippen molar-refractivity contribution < 1.29 is 9.59 Å². The second-order valence-corrected chi connectivity index (χ2v) is 9.04. The highest BCUT2D eigenvalue weighted by Crippen LogP contribution is 2.18. The number of nitrogens with zero attached hydrogens (tertiary/aromatic N) is 1. The molecule has 31 heavy (non-hydrogen) atoms. The highest BCUT2D eigenvalue weighted by Gasteiger charge is 2.28. The number of nitrogens with one attached hydrogen (secondary N) is 1. The van der Waals surface area contributed by atoms with Crippen LogP contribution in [0, 0.1) is 13.8 Å². The Bertz CT molecular complexity index is 836. The first-order valence-electron chi connectivity index (χ1n) is 11.2. The molecule has 0 fully saturated rings. The maximum atomic E-state index is 13.2. The van der Waals surface area contributed by atoms with E-state index in [-0.39, 0.29) is 11.8 Å². The first-order valence-corrected chi connectivity index (χ1v) is 12.4. The van der Waals surface area contributed by atoms with Crippen LogP contribution in [0.5, 0.6) is 0 Å². The largest absolute Gasteiger partial charge is 0.354 e. The van der Waals surface area contributed by atoms with Crippen molar-refractivity contribution in [3.8, 4) is 0 Å². The van der Waals surface area contributed by atoms with Crippen LogP contribution in [0.2, 0.25) is 0 Å². The third-order valence-electron chi connectivity index (χ3n) is 5.27. The van der Waals surface area contributed by atoms with E-state index in [4.69, 9.17) is 0 Å². The normalized spacial score (nSPS) is 11.7. The van der Waals surface area contributed by atoms with Gasteiger partial charge in [-0.25, -0.2) is 0 Å². The van der Waals surface area contributed by atoms with Crippen molar-refractivity contribution in [1.82, 2.24) is 10.2 Å². The molecule has 0 spiro atoms. The second-order valence-electron chi connectivity index (χ2n) is 8.06. The maximum Gasteiger partial charge on any atom is 0.242 e. The molecule has 0 aliphatic heterocycles. The van der Waals surface area contributed by atoms with Gasteiger partial charge in [0.2, 0.25) is 11.8 Å². The highest BCUT2D eigenvalue weighted by molar-refractivity contribution is 7.99. The van der Waals surface area contributed by atoms with Crippen molar-refractivity contribution in [3.63, 3.8) is 0 Å². The Kier molecular flexibility index (Phi) is 10.6. The van der Waals surface area contributed by atoms with Crippen LogP contribution in [0.25, 0.3) is 0 Å². The minimum absolute atomic E-state index is 0.0103. The molecule has 0 unspecified atom stereocenters. The van der Waals surface area contributed by atoms with Crippen LogP contribution < -0.4 is 5.32 Å². The zero-order valence-electron chi connectivity index (χ0n) is 19.3. The number of benzene rings is 2. The zero-order valence-corrected chi connectivity index (χ0v) is 20.1. The van der Waals surface area contributed by atoms with Gasteiger partial charge in [0.05, 0.1) is 5.75 Å². The lowest BCUT2D eigenvalue weighted by molar-refractivity contribution is -0.139. The molecule has 0 bridgehead atoms. The van der Waals surface area contributed by atoms with Crippen molar-refractivity contribution in [3.05, 3.63) is 70.8 Å². The molecule has 0 aliphatic carbocycles.